The van der Waals surface area contributed by atoms with Crippen molar-refractivity contribution in [2.75, 3.05) is 0 Å². The van der Waals surface area contributed by atoms with Gasteiger partial charge in [0.2, 0.25) is 0 Å². The Kier molecular flexibility index (Phi) is 1.98. The average Bonchev–Trinajstić information content (AvgIpc) is 2.31. The van der Waals surface area contributed by atoms with Crippen molar-refractivity contribution in [2.45, 2.75) is 6.92 Å². The number of carbonyl (C=O) groups is 1. The van der Waals surface area contributed by atoms with Crippen LogP contribution in [0.3, 0.4) is 0 Å². The molecule has 0 aromatic carbocycles. The first-order chi connectivity index (χ1) is 5.18. The van der Waals surface area contributed by atoms with Crippen LogP contribution in [0.25, 0.3) is 0 Å². The summed E-state index contributed by atoms with van der Waals surface area (Å²) in [5, 5.41) is 8.17. The summed E-state index contributed by atoms with van der Waals surface area (Å²) >= 11 is 0. The summed E-state index contributed by atoms with van der Waals surface area (Å²) in [6, 6.07) is 3.36. The Hall–Kier alpha value is -1.69. The van der Waals surface area contributed by atoms with E-state index in [0.717, 1.165) is 5.76 Å². The molecule has 0 unspecified atom stereocenters. The van der Waals surface area contributed by atoms with Crippen LogP contribution in [0.15, 0.2) is 16.5 Å². The molecule has 0 radical (unpaired) electrons. The molecule has 0 saturated heterocycles. The molecule has 1 rings (SSSR count). The molecule has 0 saturated carbocycles. The minimum absolute atomic E-state index is 0.380. The van der Waals surface area contributed by atoms with E-state index in [1.54, 1.807) is 19.1 Å². The third-order valence-corrected chi connectivity index (χ3v) is 1.03. The van der Waals surface area contributed by atoms with E-state index in [9.17, 15) is 4.79 Å². The molecule has 0 bridgehead atoms. The lowest BCUT2D eigenvalue weighted by Gasteiger charge is -1.78. The van der Waals surface area contributed by atoms with Gasteiger partial charge in [-0.15, -0.1) is 0 Å². The van der Waals surface area contributed by atoms with E-state index in [1.165, 1.54) is 0 Å². The van der Waals surface area contributed by atoms with E-state index < -0.39 is 5.97 Å². The number of carboxylic acids is 1. The van der Waals surface area contributed by atoms with Crippen LogP contribution in [-0.4, -0.2) is 11.1 Å². The maximum atomic E-state index is 9.96. The number of carboxylic acid groups (broad SMARTS) is 1. The highest BCUT2D eigenvalue weighted by atomic mass is 16.4. The van der Waals surface area contributed by atoms with Crippen molar-refractivity contribution in [3.05, 3.63) is 23.7 Å². The monoisotopic (exact) mass is 150 g/mol. The predicted octanol–water partition coefficient (Wildman–Crippen LogP) is 1.02. The first-order valence-corrected chi connectivity index (χ1v) is 3.00. The molecular formula is C8H6O3. The Morgan fingerprint density at radius 3 is 2.82 bits per heavy atom. The van der Waals surface area contributed by atoms with Crippen LogP contribution in [0.2, 0.25) is 0 Å². The highest BCUT2D eigenvalue weighted by Crippen LogP contribution is 2.03. The van der Waals surface area contributed by atoms with Gasteiger partial charge in [0.1, 0.15) is 5.76 Å². The first-order valence-electron chi connectivity index (χ1n) is 3.00. The molecule has 1 heterocycles. The first kappa shape index (κ1) is 7.42. The molecule has 1 aromatic heterocycles. The third-order valence-electron chi connectivity index (χ3n) is 1.03. The quantitative estimate of drug-likeness (QED) is 0.562. The summed E-state index contributed by atoms with van der Waals surface area (Å²) in [6.07, 6.45) is 0. The summed E-state index contributed by atoms with van der Waals surface area (Å²) in [4.78, 5) is 9.96. The lowest BCUT2D eigenvalue weighted by molar-refractivity contribution is -0.130. The third kappa shape index (κ3) is 2.18. The Morgan fingerprint density at radius 1 is 1.64 bits per heavy atom. The van der Waals surface area contributed by atoms with Crippen molar-refractivity contribution in [1.82, 2.24) is 0 Å². The molecule has 1 N–H and O–H groups in total. The van der Waals surface area contributed by atoms with E-state index in [2.05, 4.69) is 5.92 Å². The maximum absolute atomic E-state index is 9.96. The summed E-state index contributed by atoms with van der Waals surface area (Å²) in [7, 11) is 0. The molecule has 3 nitrogen and oxygen atoms in total. The molecule has 56 valence electrons. The minimum atomic E-state index is -1.15. The summed E-state index contributed by atoms with van der Waals surface area (Å²) < 4.78 is 5.00. The van der Waals surface area contributed by atoms with Crippen LogP contribution in [-0.2, 0) is 4.79 Å². The zero-order valence-corrected chi connectivity index (χ0v) is 5.92. The van der Waals surface area contributed by atoms with Crippen LogP contribution in [0.4, 0.5) is 0 Å². The number of aliphatic carboxylic acids is 1. The van der Waals surface area contributed by atoms with E-state index in [0.29, 0.717) is 5.76 Å². The predicted molar refractivity (Wildman–Crippen MR) is 38.0 cm³/mol. The second-order valence-corrected chi connectivity index (χ2v) is 1.97. The molecule has 0 fully saturated rings. The van der Waals surface area contributed by atoms with Crippen LogP contribution in [0.1, 0.15) is 11.5 Å². The molecule has 3 heteroatoms. The van der Waals surface area contributed by atoms with Crippen LogP contribution in [0, 0.1) is 18.8 Å². The molecule has 0 aliphatic heterocycles. The highest BCUT2D eigenvalue weighted by molar-refractivity contribution is 5.87. The number of furan rings is 1. The number of rotatable bonds is 0. The van der Waals surface area contributed by atoms with Gasteiger partial charge < -0.3 is 9.52 Å². The Bertz CT molecular complexity index is 325. The van der Waals surface area contributed by atoms with E-state index >= 15 is 0 Å². The van der Waals surface area contributed by atoms with Gasteiger partial charge in [-0.2, -0.15) is 0 Å². The van der Waals surface area contributed by atoms with Crippen molar-refractivity contribution >= 4 is 5.97 Å². The smallest absolute Gasteiger partial charge is 0.382 e. The van der Waals surface area contributed by atoms with E-state index in [-0.39, 0.29) is 0 Å². The molecule has 0 spiro atoms. The van der Waals surface area contributed by atoms with Crippen molar-refractivity contribution in [3.63, 3.8) is 0 Å². The van der Waals surface area contributed by atoms with Gasteiger partial charge >= 0.3 is 5.97 Å². The molecule has 0 aliphatic carbocycles. The zero-order chi connectivity index (χ0) is 8.27. The van der Waals surface area contributed by atoms with Crippen LogP contribution in [0.5, 0.6) is 0 Å². The van der Waals surface area contributed by atoms with Crippen molar-refractivity contribution in [2.24, 2.45) is 0 Å². The summed E-state index contributed by atoms with van der Waals surface area (Å²) in [5.41, 5.74) is 0. The van der Waals surface area contributed by atoms with Gasteiger partial charge in [0.05, 0.1) is 0 Å². The number of aryl methyl sites for hydroxylation is 1. The molecule has 0 atom stereocenters. The van der Waals surface area contributed by atoms with Crippen LogP contribution < -0.4 is 0 Å². The van der Waals surface area contributed by atoms with Gasteiger partial charge in [-0.1, -0.05) is 0 Å². The van der Waals surface area contributed by atoms with Crippen LogP contribution >= 0.6 is 0 Å². The Balaban J connectivity index is 2.82. The van der Waals surface area contributed by atoms with E-state index in [1.807, 2.05) is 5.92 Å². The molecular weight excluding hydrogens is 144 g/mol. The topological polar surface area (TPSA) is 50.4 Å². The average molecular weight is 150 g/mol. The molecule has 0 amide bonds. The summed E-state index contributed by atoms with van der Waals surface area (Å²) in [5.74, 6) is 4.24. The maximum Gasteiger partial charge on any atom is 0.382 e. The second kappa shape index (κ2) is 2.93. The molecule has 1 aromatic rings. The highest BCUT2D eigenvalue weighted by Gasteiger charge is 1.92. The fraction of sp³-hybridized carbons (Fsp3) is 0.125. The van der Waals surface area contributed by atoms with Gasteiger partial charge in [0, 0.05) is 5.92 Å². The van der Waals surface area contributed by atoms with Crippen molar-refractivity contribution in [1.29, 1.82) is 0 Å². The number of hydrogen-bond donors (Lipinski definition) is 1. The Morgan fingerprint density at radius 2 is 2.36 bits per heavy atom. The van der Waals surface area contributed by atoms with Gasteiger partial charge in [-0.25, -0.2) is 4.79 Å². The fourth-order valence-electron chi connectivity index (χ4n) is 0.617. The standard InChI is InChI=1S/C8H6O3/c1-6-2-3-7(11-6)4-5-8(9)10/h2-3H,1H3,(H,9,10). The SMILES string of the molecule is Cc1ccc(C#CC(=O)O)o1. The van der Waals surface area contributed by atoms with Crippen molar-refractivity contribution in [3.8, 4) is 11.8 Å². The summed E-state index contributed by atoms with van der Waals surface area (Å²) in [6.45, 7) is 1.77. The molecule has 0 aliphatic rings. The normalized spacial score (nSPS) is 8.45. The van der Waals surface area contributed by atoms with Crippen molar-refractivity contribution < 1.29 is 14.3 Å². The van der Waals surface area contributed by atoms with Gasteiger partial charge in [-0.05, 0) is 25.0 Å². The van der Waals surface area contributed by atoms with E-state index in [4.69, 9.17) is 9.52 Å². The van der Waals surface area contributed by atoms with Gasteiger partial charge in [0.25, 0.3) is 0 Å². The fourth-order valence-corrected chi connectivity index (χ4v) is 0.617. The van der Waals surface area contributed by atoms with Gasteiger partial charge in [0.15, 0.2) is 5.76 Å². The zero-order valence-electron chi connectivity index (χ0n) is 5.92. The number of hydrogen-bond acceptors (Lipinski definition) is 2. The lowest BCUT2D eigenvalue weighted by Crippen LogP contribution is -1.86. The Labute approximate surface area is 63.6 Å². The largest absolute Gasteiger partial charge is 0.472 e. The molecule has 11 heavy (non-hydrogen) atoms. The minimum Gasteiger partial charge on any atom is -0.472 e. The van der Waals surface area contributed by atoms with Gasteiger partial charge in [-0.3, -0.25) is 0 Å². The lowest BCUT2D eigenvalue weighted by atomic mass is 10.4. The second-order valence-electron chi connectivity index (χ2n) is 1.97.